The van der Waals surface area contributed by atoms with Gasteiger partial charge in [-0.15, -0.1) is 0 Å². The number of allylic oxidation sites excluding steroid dienone is 5. The van der Waals surface area contributed by atoms with Crippen LogP contribution in [0.4, 0.5) is 0 Å². The van der Waals surface area contributed by atoms with E-state index in [1.54, 1.807) is 5.57 Å². The second-order valence-corrected chi connectivity index (χ2v) is 8.62. The SMILES string of the molecule is C=CC1=C(/C=C\CI)C2CCC(I)CC2C1(C)C. The van der Waals surface area contributed by atoms with Crippen LogP contribution in [0, 0.1) is 17.3 Å². The van der Waals surface area contributed by atoms with Crippen molar-refractivity contribution < 1.29 is 0 Å². The Morgan fingerprint density at radius 2 is 2.11 bits per heavy atom. The van der Waals surface area contributed by atoms with Crippen LogP contribution >= 0.6 is 45.2 Å². The van der Waals surface area contributed by atoms with Gasteiger partial charge in [-0.25, -0.2) is 0 Å². The molecule has 0 bridgehead atoms. The molecule has 2 rings (SSSR count). The Kier molecular flexibility index (Phi) is 5.01. The highest BCUT2D eigenvalue weighted by atomic mass is 127. The van der Waals surface area contributed by atoms with E-state index in [-0.39, 0.29) is 0 Å². The van der Waals surface area contributed by atoms with Gasteiger partial charge in [-0.1, -0.05) is 83.8 Å². The van der Waals surface area contributed by atoms with Crippen LogP contribution in [0.15, 0.2) is 36.0 Å². The molecule has 0 heterocycles. The molecule has 0 nitrogen and oxygen atoms in total. The van der Waals surface area contributed by atoms with Gasteiger partial charge in [0.15, 0.2) is 0 Å². The molecule has 0 aliphatic heterocycles. The molecule has 1 saturated carbocycles. The van der Waals surface area contributed by atoms with Gasteiger partial charge in [0.25, 0.3) is 0 Å². The number of halogens is 2. The Hall–Kier alpha value is 0.680. The number of fused-ring (bicyclic) bond motifs is 1. The van der Waals surface area contributed by atoms with Gasteiger partial charge in [0.2, 0.25) is 0 Å². The first-order valence-electron chi connectivity index (χ1n) is 6.76. The van der Waals surface area contributed by atoms with Crippen molar-refractivity contribution in [3.63, 3.8) is 0 Å². The Morgan fingerprint density at radius 3 is 2.72 bits per heavy atom. The molecule has 0 spiro atoms. The predicted octanol–water partition coefficient (Wildman–Crippen LogP) is 5.72. The van der Waals surface area contributed by atoms with Crippen LogP contribution in [0.2, 0.25) is 0 Å². The van der Waals surface area contributed by atoms with E-state index >= 15 is 0 Å². The average molecular weight is 468 g/mol. The molecule has 3 unspecified atom stereocenters. The Labute approximate surface area is 139 Å². The Bertz CT molecular complexity index is 390. The lowest BCUT2D eigenvalue weighted by atomic mass is 9.68. The summed E-state index contributed by atoms with van der Waals surface area (Å²) in [4.78, 5) is 0. The number of alkyl halides is 2. The lowest BCUT2D eigenvalue weighted by Gasteiger charge is -2.38. The number of hydrogen-bond donors (Lipinski definition) is 0. The normalized spacial score (nSPS) is 35.0. The van der Waals surface area contributed by atoms with Crippen molar-refractivity contribution in [2.45, 2.75) is 37.0 Å². The summed E-state index contributed by atoms with van der Waals surface area (Å²) in [5.74, 6) is 1.59. The number of rotatable bonds is 3. The Morgan fingerprint density at radius 1 is 1.39 bits per heavy atom. The molecule has 0 radical (unpaired) electrons. The lowest BCUT2D eigenvalue weighted by molar-refractivity contribution is 0.185. The second kappa shape index (κ2) is 5.98. The summed E-state index contributed by atoms with van der Waals surface area (Å²) in [6.07, 6.45) is 10.9. The van der Waals surface area contributed by atoms with Crippen LogP contribution in [-0.4, -0.2) is 8.35 Å². The average Bonchev–Trinajstić information content (AvgIpc) is 2.54. The summed E-state index contributed by atoms with van der Waals surface area (Å²) in [5.41, 5.74) is 3.39. The molecule has 2 heteroatoms. The molecule has 0 saturated heterocycles. The summed E-state index contributed by atoms with van der Waals surface area (Å²) in [6, 6.07) is 0. The van der Waals surface area contributed by atoms with Crippen LogP contribution in [0.3, 0.4) is 0 Å². The predicted molar refractivity (Wildman–Crippen MR) is 97.7 cm³/mol. The third-order valence-corrected chi connectivity index (χ3v) is 6.35. The second-order valence-electron chi connectivity index (χ2n) is 5.97. The van der Waals surface area contributed by atoms with E-state index in [1.165, 1.54) is 24.8 Å². The summed E-state index contributed by atoms with van der Waals surface area (Å²) in [7, 11) is 0. The zero-order chi connectivity index (χ0) is 13.3. The highest BCUT2D eigenvalue weighted by Gasteiger charge is 2.48. The van der Waals surface area contributed by atoms with Crippen molar-refractivity contribution in [2.75, 3.05) is 4.43 Å². The van der Waals surface area contributed by atoms with Gasteiger partial charge in [0.1, 0.15) is 0 Å². The minimum absolute atomic E-state index is 0.307. The van der Waals surface area contributed by atoms with E-state index in [0.29, 0.717) is 5.41 Å². The molecule has 2 aliphatic carbocycles. The van der Waals surface area contributed by atoms with Crippen molar-refractivity contribution in [3.8, 4) is 0 Å². The molecule has 100 valence electrons. The van der Waals surface area contributed by atoms with Gasteiger partial charge in [0.05, 0.1) is 0 Å². The highest BCUT2D eigenvalue weighted by molar-refractivity contribution is 14.1. The largest absolute Gasteiger partial charge is 0.0988 e. The van der Waals surface area contributed by atoms with Crippen molar-refractivity contribution in [2.24, 2.45) is 17.3 Å². The Balaban J connectivity index is 2.39. The van der Waals surface area contributed by atoms with Gasteiger partial charge in [0, 0.05) is 8.35 Å². The number of hydrogen-bond acceptors (Lipinski definition) is 0. The van der Waals surface area contributed by atoms with Crippen LogP contribution in [0.25, 0.3) is 0 Å². The van der Waals surface area contributed by atoms with Gasteiger partial charge in [-0.3, -0.25) is 0 Å². The molecular weight excluding hydrogens is 446 g/mol. The van der Waals surface area contributed by atoms with E-state index in [2.05, 4.69) is 83.8 Å². The minimum atomic E-state index is 0.307. The maximum Gasteiger partial charge on any atom is 0.0179 e. The first-order valence-corrected chi connectivity index (χ1v) is 9.53. The summed E-state index contributed by atoms with van der Waals surface area (Å²) >= 11 is 5.06. The highest BCUT2D eigenvalue weighted by Crippen LogP contribution is 2.57. The summed E-state index contributed by atoms with van der Waals surface area (Å²) < 4.78 is 1.96. The van der Waals surface area contributed by atoms with Crippen molar-refractivity contribution >= 4 is 45.2 Å². The zero-order valence-corrected chi connectivity index (χ0v) is 15.6. The fraction of sp³-hybridized carbons (Fsp3) is 0.625. The third-order valence-electron chi connectivity index (χ3n) is 4.71. The van der Waals surface area contributed by atoms with Crippen LogP contribution in [-0.2, 0) is 0 Å². The maximum atomic E-state index is 4.08. The first kappa shape index (κ1) is 15.1. The molecule has 0 amide bonds. The van der Waals surface area contributed by atoms with E-state index < -0.39 is 0 Å². The monoisotopic (exact) mass is 468 g/mol. The first-order chi connectivity index (χ1) is 8.52. The van der Waals surface area contributed by atoms with Gasteiger partial charge < -0.3 is 0 Å². The van der Waals surface area contributed by atoms with E-state index in [1.807, 2.05) is 0 Å². The summed E-state index contributed by atoms with van der Waals surface area (Å²) in [6.45, 7) is 8.91. The third kappa shape index (κ3) is 2.60. The molecule has 0 aromatic heterocycles. The lowest BCUT2D eigenvalue weighted by Crippen LogP contribution is -2.31. The van der Waals surface area contributed by atoms with E-state index in [4.69, 9.17) is 0 Å². The molecule has 2 aliphatic rings. The standard InChI is InChI=1S/C16H22I2/c1-4-14-12(6-5-9-17)13-8-7-11(18)10-15(13)16(14,2)3/h4-6,11,13,15H,1,7-10H2,2-3H3/b6-5-. The van der Waals surface area contributed by atoms with Crippen molar-refractivity contribution in [1.82, 2.24) is 0 Å². The molecule has 18 heavy (non-hydrogen) atoms. The van der Waals surface area contributed by atoms with E-state index in [0.717, 1.165) is 20.2 Å². The fourth-order valence-corrected chi connectivity index (χ4v) is 4.99. The van der Waals surface area contributed by atoms with Crippen LogP contribution in [0.5, 0.6) is 0 Å². The minimum Gasteiger partial charge on any atom is -0.0988 e. The topological polar surface area (TPSA) is 0 Å². The molecule has 3 atom stereocenters. The quantitative estimate of drug-likeness (QED) is 0.367. The zero-order valence-electron chi connectivity index (χ0n) is 11.3. The molecule has 0 aromatic carbocycles. The smallest absolute Gasteiger partial charge is 0.0179 e. The van der Waals surface area contributed by atoms with Gasteiger partial charge in [-0.2, -0.15) is 0 Å². The van der Waals surface area contributed by atoms with Crippen molar-refractivity contribution in [3.05, 3.63) is 36.0 Å². The maximum absolute atomic E-state index is 4.08. The van der Waals surface area contributed by atoms with E-state index in [9.17, 15) is 0 Å². The summed E-state index contributed by atoms with van der Waals surface area (Å²) in [5, 5.41) is 0. The molecule has 0 aromatic rings. The van der Waals surface area contributed by atoms with Gasteiger partial charge >= 0.3 is 0 Å². The molecule has 1 fully saturated rings. The van der Waals surface area contributed by atoms with Crippen molar-refractivity contribution in [1.29, 1.82) is 0 Å². The molecular formula is C16H22I2. The van der Waals surface area contributed by atoms with Gasteiger partial charge in [-0.05, 0) is 47.7 Å². The van der Waals surface area contributed by atoms with Crippen LogP contribution < -0.4 is 0 Å². The molecule has 0 N–H and O–H groups in total. The fourth-order valence-electron chi connectivity index (χ4n) is 3.83. The van der Waals surface area contributed by atoms with Crippen LogP contribution in [0.1, 0.15) is 33.1 Å².